The Hall–Kier alpha value is -0.730. The van der Waals surface area contributed by atoms with Crippen molar-refractivity contribution in [3.63, 3.8) is 0 Å². The maximum absolute atomic E-state index is 6.06. The van der Waals surface area contributed by atoms with Crippen molar-refractivity contribution < 1.29 is 4.74 Å². The summed E-state index contributed by atoms with van der Waals surface area (Å²) in [5.74, 6) is 0.998. The molecule has 2 atom stereocenters. The van der Waals surface area contributed by atoms with E-state index in [-0.39, 0.29) is 12.1 Å². The number of aryl methyl sites for hydroxylation is 1. The summed E-state index contributed by atoms with van der Waals surface area (Å²) in [6, 6.07) is 4.21. The van der Waals surface area contributed by atoms with Gasteiger partial charge < -0.3 is 10.1 Å². The maximum Gasteiger partial charge on any atom is 0.127 e. The molecule has 2 nitrogen and oxygen atoms in total. The topological polar surface area (TPSA) is 21.3 Å². The lowest BCUT2D eigenvalue weighted by molar-refractivity contribution is 0.210. The van der Waals surface area contributed by atoms with Crippen molar-refractivity contribution in [3.05, 3.63) is 28.3 Å². The monoisotopic (exact) mass is 225 g/mol. The van der Waals surface area contributed by atoms with Crippen molar-refractivity contribution in [2.75, 3.05) is 6.54 Å². The fraction of sp³-hybridized carbons (Fsp3) is 0.500. The average Bonchev–Trinajstić information content (AvgIpc) is 2.46. The summed E-state index contributed by atoms with van der Waals surface area (Å²) >= 11 is 6.06. The van der Waals surface area contributed by atoms with E-state index in [9.17, 15) is 0 Å². The van der Waals surface area contributed by atoms with Crippen molar-refractivity contribution >= 4 is 11.6 Å². The van der Waals surface area contributed by atoms with Crippen molar-refractivity contribution in [1.29, 1.82) is 0 Å². The van der Waals surface area contributed by atoms with E-state index >= 15 is 0 Å². The minimum Gasteiger partial charge on any atom is -0.488 e. The first-order chi connectivity index (χ1) is 7.13. The lowest BCUT2D eigenvalue weighted by Crippen LogP contribution is -2.28. The number of ether oxygens (including phenoxy) is 1. The van der Waals surface area contributed by atoms with Crippen LogP contribution in [-0.4, -0.2) is 12.6 Å². The van der Waals surface area contributed by atoms with Crippen LogP contribution in [0.4, 0.5) is 0 Å². The molecule has 1 aromatic rings. The van der Waals surface area contributed by atoms with Crippen LogP contribution in [0.1, 0.15) is 31.0 Å². The largest absolute Gasteiger partial charge is 0.488 e. The molecule has 1 aliphatic rings. The van der Waals surface area contributed by atoms with E-state index in [0.29, 0.717) is 0 Å². The first-order valence-electron chi connectivity index (χ1n) is 5.33. The molecule has 0 aliphatic carbocycles. The van der Waals surface area contributed by atoms with Gasteiger partial charge in [-0.1, -0.05) is 18.5 Å². The second-order valence-electron chi connectivity index (χ2n) is 4.00. The predicted molar refractivity (Wildman–Crippen MR) is 62.7 cm³/mol. The molecule has 15 heavy (non-hydrogen) atoms. The average molecular weight is 226 g/mol. The Morgan fingerprint density at radius 2 is 2.20 bits per heavy atom. The summed E-state index contributed by atoms with van der Waals surface area (Å²) in [6.45, 7) is 7.15. The molecule has 1 N–H and O–H groups in total. The molecule has 0 fully saturated rings. The fourth-order valence-corrected chi connectivity index (χ4v) is 2.43. The molecule has 0 spiro atoms. The summed E-state index contributed by atoms with van der Waals surface area (Å²) in [4.78, 5) is 0. The van der Waals surface area contributed by atoms with E-state index in [1.165, 1.54) is 5.56 Å². The normalized spacial score (nSPS) is 23.7. The number of hydrogen-bond acceptors (Lipinski definition) is 2. The van der Waals surface area contributed by atoms with Crippen molar-refractivity contribution in [3.8, 4) is 5.75 Å². The number of nitrogens with one attached hydrogen (secondary N) is 1. The number of fused-ring (bicyclic) bond motifs is 1. The molecule has 0 saturated carbocycles. The number of halogens is 1. The van der Waals surface area contributed by atoms with E-state index in [4.69, 9.17) is 16.3 Å². The molecule has 0 radical (unpaired) electrons. The first kappa shape index (κ1) is 10.8. The Labute approximate surface area is 95.6 Å². The highest BCUT2D eigenvalue weighted by molar-refractivity contribution is 6.30. The first-order valence-corrected chi connectivity index (χ1v) is 5.71. The third-order valence-corrected chi connectivity index (χ3v) is 3.02. The molecular weight excluding hydrogens is 210 g/mol. The molecule has 2 rings (SSSR count). The molecule has 2 unspecified atom stereocenters. The van der Waals surface area contributed by atoms with Crippen LogP contribution in [0.15, 0.2) is 12.1 Å². The SMILES string of the molecule is CCNC1c2cc(Cl)cc(C)c2OC1C. The van der Waals surface area contributed by atoms with E-state index in [1.54, 1.807) is 0 Å². The minimum atomic E-state index is 0.178. The molecule has 0 saturated heterocycles. The maximum atomic E-state index is 6.06. The standard InChI is InChI=1S/C12H16ClNO/c1-4-14-11-8(3)15-12-7(2)5-9(13)6-10(11)12/h5-6,8,11,14H,4H2,1-3H3. The third kappa shape index (κ3) is 1.84. The quantitative estimate of drug-likeness (QED) is 0.835. The molecule has 1 aromatic carbocycles. The highest BCUT2D eigenvalue weighted by atomic mass is 35.5. The van der Waals surface area contributed by atoms with Gasteiger partial charge in [0.2, 0.25) is 0 Å². The molecule has 0 bridgehead atoms. The van der Waals surface area contributed by atoms with E-state index in [0.717, 1.165) is 22.9 Å². The van der Waals surface area contributed by atoms with Crippen LogP contribution in [0, 0.1) is 6.92 Å². The van der Waals surface area contributed by atoms with E-state index < -0.39 is 0 Å². The Bertz CT molecular complexity index is 378. The second-order valence-corrected chi connectivity index (χ2v) is 4.44. The van der Waals surface area contributed by atoms with Gasteiger partial charge in [0, 0.05) is 10.6 Å². The Kier molecular flexibility index (Phi) is 2.89. The lowest BCUT2D eigenvalue weighted by atomic mass is 10.0. The summed E-state index contributed by atoms with van der Waals surface area (Å²) in [5, 5.41) is 4.21. The zero-order chi connectivity index (χ0) is 11.0. The van der Waals surface area contributed by atoms with Crippen LogP contribution >= 0.6 is 11.6 Å². The van der Waals surface area contributed by atoms with Crippen molar-refractivity contribution in [1.82, 2.24) is 5.32 Å². The summed E-state index contributed by atoms with van der Waals surface area (Å²) < 4.78 is 5.84. The number of likely N-dealkylation sites (N-methyl/N-ethyl adjacent to an activating group) is 1. The van der Waals surface area contributed by atoms with Crippen LogP contribution in [0.2, 0.25) is 5.02 Å². The van der Waals surface area contributed by atoms with Gasteiger partial charge in [0.25, 0.3) is 0 Å². The third-order valence-electron chi connectivity index (χ3n) is 2.80. The van der Waals surface area contributed by atoms with Crippen LogP contribution < -0.4 is 10.1 Å². The van der Waals surface area contributed by atoms with Gasteiger partial charge in [-0.05, 0) is 38.1 Å². The number of hydrogen-bond donors (Lipinski definition) is 1. The van der Waals surface area contributed by atoms with E-state index in [1.807, 2.05) is 19.1 Å². The molecular formula is C12H16ClNO. The highest BCUT2D eigenvalue weighted by Crippen LogP contribution is 2.40. The number of rotatable bonds is 2. The molecule has 1 heterocycles. The highest BCUT2D eigenvalue weighted by Gasteiger charge is 2.31. The van der Waals surface area contributed by atoms with Crippen molar-refractivity contribution in [2.24, 2.45) is 0 Å². The van der Waals surface area contributed by atoms with Gasteiger partial charge >= 0.3 is 0 Å². The molecule has 0 amide bonds. The van der Waals surface area contributed by atoms with Gasteiger partial charge in [-0.3, -0.25) is 0 Å². The fourth-order valence-electron chi connectivity index (χ4n) is 2.15. The van der Waals surface area contributed by atoms with Gasteiger partial charge in [0.1, 0.15) is 11.9 Å². The van der Waals surface area contributed by atoms with Crippen LogP contribution in [0.5, 0.6) is 5.75 Å². The summed E-state index contributed by atoms with van der Waals surface area (Å²) in [7, 11) is 0. The van der Waals surface area contributed by atoms with Gasteiger partial charge in [-0.25, -0.2) is 0 Å². The van der Waals surface area contributed by atoms with Gasteiger partial charge in [0.05, 0.1) is 6.04 Å². The molecule has 0 aromatic heterocycles. The number of benzene rings is 1. The Morgan fingerprint density at radius 1 is 1.47 bits per heavy atom. The van der Waals surface area contributed by atoms with Gasteiger partial charge in [-0.15, -0.1) is 0 Å². The zero-order valence-electron chi connectivity index (χ0n) is 9.30. The van der Waals surface area contributed by atoms with E-state index in [2.05, 4.69) is 19.2 Å². The molecule has 1 aliphatic heterocycles. The van der Waals surface area contributed by atoms with Crippen LogP contribution in [0.25, 0.3) is 0 Å². The minimum absolute atomic E-state index is 0.178. The Balaban J connectivity index is 2.43. The molecule has 82 valence electrons. The van der Waals surface area contributed by atoms with Crippen molar-refractivity contribution in [2.45, 2.75) is 32.9 Å². The van der Waals surface area contributed by atoms with Gasteiger partial charge in [0.15, 0.2) is 0 Å². The second kappa shape index (κ2) is 4.03. The predicted octanol–water partition coefficient (Wildman–Crippen LogP) is 3.08. The summed E-state index contributed by atoms with van der Waals surface area (Å²) in [6.07, 6.45) is 0.178. The van der Waals surface area contributed by atoms with Gasteiger partial charge in [-0.2, -0.15) is 0 Å². The Morgan fingerprint density at radius 3 is 2.87 bits per heavy atom. The van der Waals surface area contributed by atoms with Crippen LogP contribution in [-0.2, 0) is 0 Å². The lowest BCUT2D eigenvalue weighted by Gasteiger charge is -2.15. The zero-order valence-corrected chi connectivity index (χ0v) is 10.1. The summed E-state index contributed by atoms with van der Waals surface area (Å²) in [5.41, 5.74) is 2.30. The smallest absolute Gasteiger partial charge is 0.127 e. The molecule has 3 heteroatoms. The van der Waals surface area contributed by atoms with Crippen LogP contribution in [0.3, 0.4) is 0 Å².